The molecule has 5 aromatic carbocycles. The summed E-state index contributed by atoms with van der Waals surface area (Å²) in [5, 5.41) is 5.97. The molecule has 1 N–H and O–H groups in total. The highest BCUT2D eigenvalue weighted by atomic mass is 16.5. The van der Waals surface area contributed by atoms with E-state index in [4.69, 9.17) is 9.47 Å². The normalized spacial score (nSPS) is 10.9. The fourth-order valence-electron chi connectivity index (χ4n) is 4.12. The molecule has 0 saturated carbocycles. The minimum absolute atomic E-state index is 0.345. The van der Waals surface area contributed by atoms with Crippen molar-refractivity contribution < 1.29 is 19.1 Å². The van der Waals surface area contributed by atoms with E-state index in [9.17, 15) is 9.59 Å². The third kappa shape index (κ3) is 6.42. The van der Waals surface area contributed by atoms with Crippen LogP contribution >= 0.6 is 0 Å². The molecule has 6 heteroatoms. The van der Waals surface area contributed by atoms with Crippen molar-refractivity contribution >= 4 is 28.9 Å². The van der Waals surface area contributed by atoms with Gasteiger partial charge in [-0.15, -0.1) is 0 Å². The van der Waals surface area contributed by atoms with Crippen LogP contribution in [0.4, 0.5) is 0 Å². The minimum atomic E-state index is -0.473. The van der Waals surface area contributed by atoms with E-state index in [1.165, 1.54) is 11.8 Å². The first-order valence-corrected chi connectivity index (χ1v) is 12.9. The molecule has 0 heterocycles. The Balaban J connectivity index is 1.28. The van der Waals surface area contributed by atoms with Crippen LogP contribution in [-0.2, 0) is 6.61 Å². The Hall–Kier alpha value is -5.23. The van der Waals surface area contributed by atoms with Crippen LogP contribution in [0.1, 0.15) is 43.0 Å². The zero-order valence-corrected chi connectivity index (χ0v) is 22.3. The molecular formula is C34H28N2O4. The van der Waals surface area contributed by atoms with Gasteiger partial charge in [0.2, 0.25) is 0 Å². The zero-order valence-electron chi connectivity index (χ0n) is 22.3. The van der Waals surface area contributed by atoms with E-state index < -0.39 is 5.97 Å². The number of fused-ring (bicyclic) bond motifs is 1. The van der Waals surface area contributed by atoms with Crippen molar-refractivity contribution in [1.82, 2.24) is 5.43 Å². The third-order valence-corrected chi connectivity index (χ3v) is 6.42. The zero-order chi connectivity index (χ0) is 27.9. The van der Waals surface area contributed by atoms with Crippen LogP contribution in [0.15, 0.2) is 114 Å². The standard InChI is InChI=1S/C34H28N2O4/c1-23-7-11-25(12-8-23)22-39-29-18-15-27(16-19-29)33(37)36-35-21-31-30-6-4-3-5-26(30)17-20-32(31)40-34(38)28-13-9-24(2)10-14-28/h3-21H,22H2,1-2H3,(H,36,37)/b35-21+. The number of aryl methyl sites for hydroxylation is 2. The summed E-state index contributed by atoms with van der Waals surface area (Å²) in [7, 11) is 0. The molecule has 0 aromatic heterocycles. The lowest BCUT2D eigenvalue weighted by atomic mass is 10.0. The number of amides is 1. The van der Waals surface area contributed by atoms with Crippen molar-refractivity contribution in [3.05, 3.63) is 143 Å². The minimum Gasteiger partial charge on any atom is -0.489 e. The molecule has 0 aliphatic heterocycles. The van der Waals surface area contributed by atoms with Crippen molar-refractivity contribution in [3.8, 4) is 11.5 Å². The number of nitrogens with one attached hydrogen (secondary N) is 1. The van der Waals surface area contributed by atoms with Crippen molar-refractivity contribution in [2.75, 3.05) is 0 Å². The third-order valence-electron chi connectivity index (χ3n) is 6.42. The molecule has 0 radical (unpaired) electrons. The molecule has 0 fully saturated rings. The van der Waals surface area contributed by atoms with Gasteiger partial charge in [-0.25, -0.2) is 10.2 Å². The molecule has 0 aliphatic carbocycles. The van der Waals surface area contributed by atoms with Gasteiger partial charge in [0.1, 0.15) is 18.1 Å². The maximum absolute atomic E-state index is 12.8. The molecule has 5 rings (SSSR count). The van der Waals surface area contributed by atoms with Gasteiger partial charge in [-0.05, 0) is 72.6 Å². The van der Waals surface area contributed by atoms with Crippen molar-refractivity contribution in [2.45, 2.75) is 20.5 Å². The number of benzene rings is 5. The molecule has 0 unspecified atom stereocenters. The van der Waals surface area contributed by atoms with Gasteiger partial charge in [0, 0.05) is 11.1 Å². The van der Waals surface area contributed by atoms with E-state index in [1.54, 1.807) is 42.5 Å². The second kappa shape index (κ2) is 12.1. The van der Waals surface area contributed by atoms with Gasteiger partial charge >= 0.3 is 5.97 Å². The van der Waals surface area contributed by atoms with E-state index in [-0.39, 0.29) is 5.91 Å². The van der Waals surface area contributed by atoms with E-state index >= 15 is 0 Å². The Kier molecular flexibility index (Phi) is 7.97. The van der Waals surface area contributed by atoms with Crippen LogP contribution in [0, 0.1) is 13.8 Å². The van der Waals surface area contributed by atoms with Crippen molar-refractivity contribution in [3.63, 3.8) is 0 Å². The highest BCUT2D eigenvalue weighted by Crippen LogP contribution is 2.27. The second-order valence-electron chi connectivity index (χ2n) is 9.45. The Morgan fingerprint density at radius 1 is 0.750 bits per heavy atom. The smallest absolute Gasteiger partial charge is 0.343 e. The van der Waals surface area contributed by atoms with Crippen LogP contribution in [0.3, 0.4) is 0 Å². The fourth-order valence-corrected chi connectivity index (χ4v) is 4.12. The van der Waals surface area contributed by atoms with Gasteiger partial charge in [-0.3, -0.25) is 4.79 Å². The predicted molar refractivity (Wildman–Crippen MR) is 157 cm³/mol. The van der Waals surface area contributed by atoms with Gasteiger partial charge in [-0.2, -0.15) is 5.10 Å². The summed E-state index contributed by atoms with van der Waals surface area (Å²) >= 11 is 0. The van der Waals surface area contributed by atoms with Crippen LogP contribution in [0.2, 0.25) is 0 Å². The van der Waals surface area contributed by atoms with Crippen molar-refractivity contribution in [2.24, 2.45) is 5.10 Å². The fraction of sp³-hybridized carbons (Fsp3) is 0.0882. The first kappa shape index (κ1) is 26.4. The number of rotatable bonds is 8. The number of hydrogen-bond acceptors (Lipinski definition) is 5. The highest BCUT2D eigenvalue weighted by molar-refractivity contribution is 6.04. The number of ether oxygens (including phenoxy) is 2. The molecule has 5 aromatic rings. The summed E-state index contributed by atoms with van der Waals surface area (Å²) in [5.41, 5.74) is 7.34. The topological polar surface area (TPSA) is 77.0 Å². The number of carbonyl (C=O) groups excluding carboxylic acids is 2. The molecule has 0 bridgehead atoms. The maximum Gasteiger partial charge on any atom is 0.343 e. The van der Waals surface area contributed by atoms with Crippen molar-refractivity contribution in [1.29, 1.82) is 0 Å². The Morgan fingerprint density at radius 2 is 1.40 bits per heavy atom. The Labute approximate surface area is 232 Å². The van der Waals surface area contributed by atoms with Gasteiger partial charge < -0.3 is 9.47 Å². The average molecular weight is 529 g/mol. The summed E-state index contributed by atoms with van der Waals surface area (Å²) in [6.07, 6.45) is 1.50. The monoisotopic (exact) mass is 528 g/mol. The summed E-state index contributed by atoms with van der Waals surface area (Å²) < 4.78 is 11.6. The van der Waals surface area contributed by atoms with E-state index in [0.29, 0.717) is 34.8 Å². The summed E-state index contributed by atoms with van der Waals surface area (Å²) in [4.78, 5) is 25.5. The molecule has 6 nitrogen and oxygen atoms in total. The van der Waals surface area contributed by atoms with Gasteiger partial charge in [-0.1, -0.05) is 77.9 Å². The summed E-state index contributed by atoms with van der Waals surface area (Å²) in [6, 6.07) is 33.5. The average Bonchev–Trinajstić information content (AvgIpc) is 2.98. The lowest BCUT2D eigenvalue weighted by Crippen LogP contribution is -2.17. The molecule has 0 atom stereocenters. The molecule has 0 saturated heterocycles. The first-order valence-electron chi connectivity index (χ1n) is 12.9. The van der Waals surface area contributed by atoms with Crippen LogP contribution in [0.25, 0.3) is 10.8 Å². The van der Waals surface area contributed by atoms with Gasteiger partial charge in [0.05, 0.1) is 11.8 Å². The molecule has 198 valence electrons. The first-order chi connectivity index (χ1) is 19.5. The van der Waals surface area contributed by atoms with Gasteiger partial charge in [0.25, 0.3) is 5.91 Å². The molecule has 0 spiro atoms. The lowest BCUT2D eigenvalue weighted by molar-refractivity contribution is 0.0734. The molecule has 0 aliphatic rings. The molecule has 40 heavy (non-hydrogen) atoms. The molecule has 1 amide bonds. The second-order valence-corrected chi connectivity index (χ2v) is 9.45. The highest BCUT2D eigenvalue weighted by Gasteiger charge is 2.14. The Bertz CT molecular complexity index is 1670. The number of esters is 1. The van der Waals surface area contributed by atoms with Gasteiger partial charge in [0.15, 0.2) is 0 Å². The summed E-state index contributed by atoms with van der Waals surface area (Å²) in [5.74, 6) is 0.159. The number of hydrazone groups is 1. The predicted octanol–water partition coefficient (Wildman–Crippen LogP) is 7.02. The Morgan fingerprint density at radius 3 is 2.12 bits per heavy atom. The largest absolute Gasteiger partial charge is 0.489 e. The van der Waals surface area contributed by atoms with Crippen LogP contribution in [0.5, 0.6) is 11.5 Å². The molecular weight excluding hydrogens is 500 g/mol. The van der Waals surface area contributed by atoms with E-state index in [2.05, 4.69) is 10.5 Å². The number of carbonyl (C=O) groups is 2. The van der Waals surface area contributed by atoms with Crippen LogP contribution < -0.4 is 14.9 Å². The number of nitrogens with zero attached hydrogens (tertiary/aromatic N) is 1. The summed E-state index contributed by atoms with van der Waals surface area (Å²) in [6.45, 7) is 4.44. The number of hydrogen-bond donors (Lipinski definition) is 1. The van der Waals surface area contributed by atoms with E-state index in [1.807, 2.05) is 80.6 Å². The maximum atomic E-state index is 12.8. The van der Waals surface area contributed by atoms with E-state index in [0.717, 1.165) is 21.9 Å². The van der Waals surface area contributed by atoms with Crippen LogP contribution in [-0.4, -0.2) is 18.1 Å². The quantitative estimate of drug-likeness (QED) is 0.102. The SMILES string of the molecule is Cc1ccc(COc2ccc(C(=O)N/N=C/c3c(OC(=O)c4ccc(C)cc4)ccc4ccccc34)cc2)cc1. The lowest BCUT2D eigenvalue weighted by Gasteiger charge is -2.11.